The first-order valence-electron chi connectivity index (χ1n) is 10.5. The standard InChI is InChI=1S/C23H30N2O3/c1-15(2)8-7-9-16(3)24-21(26)19-18-12-13-23(28-18)14-25(22(27)20(19)23)17-10-5-4-6-11-17/h4-6,10-13,15-16,18-20H,7-9,14H2,1-3H3,(H,24,26)/t16-,18+,19+,20+,23-/m0/s1. The lowest BCUT2D eigenvalue weighted by Gasteiger charge is -2.25. The number of hydrogen-bond acceptors (Lipinski definition) is 3. The molecule has 4 rings (SSSR count). The zero-order valence-electron chi connectivity index (χ0n) is 16.9. The van der Waals surface area contributed by atoms with E-state index < -0.39 is 17.4 Å². The van der Waals surface area contributed by atoms with Crippen LogP contribution in [-0.2, 0) is 14.3 Å². The number of fused-ring (bicyclic) bond motifs is 1. The van der Waals surface area contributed by atoms with E-state index in [2.05, 4.69) is 19.2 Å². The van der Waals surface area contributed by atoms with Crippen LogP contribution in [0.25, 0.3) is 0 Å². The van der Waals surface area contributed by atoms with Gasteiger partial charge in [-0.15, -0.1) is 0 Å². The first-order valence-corrected chi connectivity index (χ1v) is 10.5. The summed E-state index contributed by atoms with van der Waals surface area (Å²) in [5, 5.41) is 3.14. The number of benzene rings is 1. The van der Waals surface area contributed by atoms with E-state index in [1.54, 1.807) is 4.90 Å². The van der Waals surface area contributed by atoms with Crippen LogP contribution < -0.4 is 10.2 Å². The molecule has 2 fully saturated rings. The average molecular weight is 383 g/mol. The maximum Gasteiger partial charge on any atom is 0.234 e. The van der Waals surface area contributed by atoms with Crippen LogP contribution in [0.2, 0.25) is 0 Å². The Kier molecular flexibility index (Phi) is 5.04. The summed E-state index contributed by atoms with van der Waals surface area (Å²) in [5.74, 6) is -0.275. The Morgan fingerprint density at radius 2 is 2.00 bits per heavy atom. The third-order valence-corrected chi connectivity index (χ3v) is 6.28. The van der Waals surface area contributed by atoms with Gasteiger partial charge in [-0.25, -0.2) is 0 Å². The van der Waals surface area contributed by atoms with Gasteiger partial charge in [0.25, 0.3) is 0 Å². The topological polar surface area (TPSA) is 58.6 Å². The summed E-state index contributed by atoms with van der Waals surface area (Å²) < 4.78 is 6.20. The number of nitrogens with one attached hydrogen (secondary N) is 1. The Labute approximate surface area is 167 Å². The van der Waals surface area contributed by atoms with E-state index in [9.17, 15) is 9.59 Å². The van der Waals surface area contributed by atoms with Gasteiger partial charge in [0.1, 0.15) is 5.60 Å². The predicted molar refractivity (Wildman–Crippen MR) is 109 cm³/mol. The molecule has 0 aromatic heterocycles. The number of para-hydroxylation sites is 1. The van der Waals surface area contributed by atoms with Gasteiger partial charge in [-0.2, -0.15) is 0 Å². The van der Waals surface area contributed by atoms with Crippen LogP contribution in [0.1, 0.15) is 40.0 Å². The van der Waals surface area contributed by atoms with Crippen molar-refractivity contribution >= 4 is 17.5 Å². The van der Waals surface area contributed by atoms with Crippen molar-refractivity contribution in [3.05, 3.63) is 42.5 Å². The van der Waals surface area contributed by atoms with Gasteiger partial charge in [0.2, 0.25) is 11.8 Å². The van der Waals surface area contributed by atoms with Crippen LogP contribution in [0, 0.1) is 17.8 Å². The van der Waals surface area contributed by atoms with Crippen LogP contribution in [0.3, 0.4) is 0 Å². The van der Waals surface area contributed by atoms with Gasteiger partial charge in [0.05, 0.1) is 24.5 Å². The molecule has 5 atom stereocenters. The second-order valence-corrected chi connectivity index (χ2v) is 8.89. The molecule has 1 aromatic rings. The highest BCUT2D eigenvalue weighted by Gasteiger charge is 2.67. The molecule has 3 aliphatic rings. The first-order chi connectivity index (χ1) is 13.4. The number of amides is 2. The zero-order chi connectivity index (χ0) is 19.9. The van der Waals surface area contributed by atoms with Gasteiger partial charge in [0, 0.05) is 11.7 Å². The molecule has 0 radical (unpaired) electrons. The lowest BCUT2D eigenvalue weighted by Crippen LogP contribution is -2.46. The Morgan fingerprint density at radius 1 is 1.25 bits per heavy atom. The van der Waals surface area contributed by atoms with Crippen LogP contribution in [0.5, 0.6) is 0 Å². The molecule has 3 heterocycles. The third kappa shape index (κ3) is 3.26. The lowest BCUT2D eigenvalue weighted by molar-refractivity contribution is -0.132. The maximum absolute atomic E-state index is 13.3. The largest absolute Gasteiger partial charge is 0.360 e. The van der Waals surface area contributed by atoms with Gasteiger partial charge < -0.3 is 15.0 Å². The minimum absolute atomic E-state index is 0.00865. The predicted octanol–water partition coefficient (Wildman–Crippen LogP) is 3.30. The van der Waals surface area contributed by atoms with Crippen molar-refractivity contribution in [2.75, 3.05) is 11.4 Å². The van der Waals surface area contributed by atoms with E-state index in [-0.39, 0.29) is 24.0 Å². The van der Waals surface area contributed by atoms with Gasteiger partial charge >= 0.3 is 0 Å². The maximum atomic E-state index is 13.3. The number of nitrogens with zero attached hydrogens (tertiary/aromatic N) is 1. The Hall–Kier alpha value is -2.14. The first kappa shape index (κ1) is 19.2. The van der Waals surface area contributed by atoms with Crippen molar-refractivity contribution in [2.45, 2.75) is 57.8 Å². The highest BCUT2D eigenvalue weighted by molar-refractivity contribution is 6.03. The van der Waals surface area contributed by atoms with Crippen LogP contribution in [0.4, 0.5) is 5.69 Å². The molecular formula is C23H30N2O3. The van der Waals surface area contributed by atoms with Crippen molar-refractivity contribution in [1.82, 2.24) is 5.32 Å². The summed E-state index contributed by atoms with van der Waals surface area (Å²) in [6, 6.07) is 9.74. The third-order valence-electron chi connectivity index (χ3n) is 6.28. The fourth-order valence-electron chi connectivity index (χ4n) is 4.87. The molecule has 5 nitrogen and oxygen atoms in total. The molecule has 2 saturated heterocycles. The number of hydrogen-bond donors (Lipinski definition) is 1. The molecule has 3 aliphatic heterocycles. The van der Waals surface area contributed by atoms with E-state index in [1.165, 1.54) is 0 Å². The molecule has 150 valence electrons. The summed E-state index contributed by atoms with van der Waals surface area (Å²) in [7, 11) is 0. The van der Waals surface area contributed by atoms with E-state index in [0.29, 0.717) is 12.5 Å². The van der Waals surface area contributed by atoms with Crippen LogP contribution in [-0.4, -0.2) is 36.1 Å². The number of carbonyl (C=O) groups excluding carboxylic acids is 2. The molecule has 1 N–H and O–H groups in total. The van der Waals surface area contributed by atoms with E-state index in [1.807, 2.05) is 49.4 Å². The van der Waals surface area contributed by atoms with Crippen molar-refractivity contribution in [1.29, 1.82) is 0 Å². The van der Waals surface area contributed by atoms with Gasteiger partial charge in [-0.1, -0.05) is 57.0 Å². The van der Waals surface area contributed by atoms with E-state index in [0.717, 1.165) is 24.9 Å². The monoisotopic (exact) mass is 382 g/mol. The van der Waals surface area contributed by atoms with Crippen LogP contribution >= 0.6 is 0 Å². The highest BCUT2D eigenvalue weighted by Crippen LogP contribution is 2.52. The highest BCUT2D eigenvalue weighted by atomic mass is 16.5. The second-order valence-electron chi connectivity index (χ2n) is 8.89. The van der Waals surface area contributed by atoms with Crippen molar-refractivity contribution < 1.29 is 14.3 Å². The quantitative estimate of drug-likeness (QED) is 0.736. The van der Waals surface area contributed by atoms with E-state index in [4.69, 9.17) is 4.74 Å². The minimum atomic E-state index is -0.666. The summed E-state index contributed by atoms with van der Waals surface area (Å²) in [6.45, 7) is 6.95. The van der Waals surface area contributed by atoms with Gasteiger partial charge in [-0.3, -0.25) is 9.59 Å². The number of carbonyl (C=O) groups is 2. The molecule has 2 amide bonds. The smallest absolute Gasteiger partial charge is 0.234 e. The summed E-state index contributed by atoms with van der Waals surface area (Å²) in [5.41, 5.74) is 0.193. The number of anilines is 1. The average Bonchev–Trinajstić information content (AvgIpc) is 3.30. The van der Waals surface area contributed by atoms with Crippen molar-refractivity contribution in [2.24, 2.45) is 17.8 Å². The van der Waals surface area contributed by atoms with Gasteiger partial charge in [0.15, 0.2) is 0 Å². The molecule has 0 aliphatic carbocycles. The van der Waals surface area contributed by atoms with Gasteiger partial charge in [-0.05, 0) is 31.4 Å². The SMILES string of the molecule is CC(C)CCC[C@H](C)NC(=O)[C@@H]1[C@H]2C=C[C@@]3(CN(c4ccccc4)C(=O)[C@@H]13)O2. The Balaban J connectivity index is 1.47. The Morgan fingerprint density at radius 3 is 2.71 bits per heavy atom. The molecule has 28 heavy (non-hydrogen) atoms. The molecule has 0 saturated carbocycles. The fourth-order valence-corrected chi connectivity index (χ4v) is 4.87. The normalized spacial score (nSPS) is 31.5. The van der Waals surface area contributed by atoms with Crippen molar-refractivity contribution in [3.8, 4) is 0 Å². The molecule has 0 unspecified atom stereocenters. The summed E-state index contributed by atoms with van der Waals surface area (Å²) >= 11 is 0. The summed E-state index contributed by atoms with van der Waals surface area (Å²) in [6.07, 6.45) is 6.88. The molecule has 5 heteroatoms. The molecule has 2 bridgehead atoms. The molecule has 1 spiro atoms. The second kappa shape index (κ2) is 7.36. The summed E-state index contributed by atoms with van der Waals surface area (Å²) in [4.78, 5) is 28.1. The lowest BCUT2D eigenvalue weighted by atomic mass is 9.76. The number of rotatable bonds is 7. The Bertz CT molecular complexity index is 775. The van der Waals surface area contributed by atoms with E-state index >= 15 is 0 Å². The van der Waals surface area contributed by atoms with Crippen molar-refractivity contribution in [3.63, 3.8) is 0 Å². The number of ether oxygens (including phenoxy) is 1. The van der Waals surface area contributed by atoms with Crippen LogP contribution in [0.15, 0.2) is 42.5 Å². The zero-order valence-corrected chi connectivity index (χ0v) is 16.9. The fraction of sp³-hybridized carbons (Fsp3) is 0.565. The molecule has 1 aromatic carbocycles. The molecular weight excluding hydrogens is 352 g/mol. The minimum Gasteiger partial charge on any atom is -0.360 e.